The Kier molecular flexibility index (Phi) is 9.91. The lowest BCUT2D eigenvalue weighted by Crippen LogP contribution is -2.25. The molecule has 9 rings (SSSR count). The SMILES string of the molecule is C=CCCCCC1(CCCCC=C)c2ccccc2-c2ccc(-c3ccccc3-c3ccc4c5cc(C(C)(C)C)cc6cc(C(C)(C)C)cc(c7cccc3c74)c65)cc21. The first-order valence-electron chi connectivity index (χ1n) is 22.2. The van der Waals surface area contributed by atoms with E-state index in [4.69, 9.17) is 0 Å². The highest BCUT2D eigenvalue weighted by Gasteiger charge is 2.42. The summed E-state index contributed by atoms with van der Waals surface area (Å²) in [6, 6.07) is 47.6. The van der Waals surface area contributed by atoms with Crippen molar-refractivity contribution in [3.63, 3.8) is 0 Å². The van der Waals surface area contributed by atoms with Crippen LogP contribution in [0.1, 0.15) is 115 Å². The average Bonchev–Trinajstić information content (AvgIpc) is 3.50. The van der Waals surface area contributed by atoms with E-state index in [0.29, 0.717) is 0 Å². The van der Waals surface area contributed by atoms with Crippen LogP contribution in [0.25, 0.3) is 76.5 Å². The molecular weight excluding hydrogens is 709 g/mol. The Morgan fingerprint density at radius 3 is 1.61 bits per heavy atom. The van der Waals surface area contributed by atoms with Crippen molar-refractivity contribution in [2.24, 2.45) is 0 Å². The fourth-order valence-corrected chi connectivity index (χ4v) is 10.6. The molecule has 0 amide bonds. The molecule has 0 nitrogen and oxygen atoms in total. The van der Waals surface area contributed by atoms with Crippen molar-refractivity contribution in [2.75, 3.05) is 0 Å². The summed E-state index contributed by atoms with van der Waals surface area (Å²) >= 11 is 0. The molecular formula is C59H60. The fraction of sp³-hybridized carbons (Fsp3) is 0.288. The molecule has 59 heavy (non-hydrogen) atoms. The predicted molar refractivity (Wildman–Crippen MR) is 259 cm³/mol. The van der Waals surface area contributed by atoms with Crippen LogP contribution in [0.2, 0.25) is 0 Å². The predicted octanol–water partition coefficient (Wildman–Crippen LogP) is 17.4. The highest BCUT2D eigenvalue weighted by molar-refractivity contribution is 6.34. The highest BCUT2D eigenvalue weighted by atomic mass is 14.4. The van der Waals surface area contributed by atoms with Gasteiger partial charge in [0.25, 0.3) is 0 Å². The summed E-state index contributed by atoms with van der Waals surface area (Å²) in [6.45, 7) is 22.1. The summed E-state index contributed by atoms with van der Waals surface area (Å²) in [6.07, 6.45) is 13.3. The minimum absolute atomic E-state index is 0.00824. The number of fused-ring (bicyclic) bond motifs is 5. The first kappa shape index (κ1) is 39.0. The third kappa shape index (κ3) is 6.61. The van der Waals surface area contributed by atoms with E-state index in [2.05, 4.69) is 188 Å². The van der Waals surface area contributed by atoms with E-state index in [1.54, 1.807) is 0 Å². The van der Waals surface area contributed by atoms with Gasteiger partial charge in [0.15, 0.2) is 0 Å². The van der Waals surface area contributed by atoms with Crippen molar-refractivity contribution in [3.05, 3.63) is 169 Å². The molecule has 0 radical (unpaired) electrons. The molecule has 0 aliphatic heterocycles. The second-order valence-corrected chi connectivity index (χ2v) is 19.5. The van der Waals surface area contributed by atoms with Gasteiger partial charge in [0.05, 0.1) is 0 Å². The Morgan fingerprint density at radius 2 is 0.983 bits per heavy atom. The van der Waals surface area contributed by atoms with Crippen LogP contribution in [0.15, 0.2) is 147 Å². The molecule has 0 aromatic heterocycles. The van der Waals surface area contributed by atoms with Gasteiger partial charge in [-0.2, -0.15) is 0 Å². The molecule has 296 valence electrons. The van der Waals surface area contributed by atoms with Gasteiger partial charge in [0.2, 0.25) is 0 Å². The summed E-state index contributed by atoms with van der Waals surface area (Å²) in [7, 11) is 0. The molecule has 0 heteroatoms. The third-order valence-electron chi connectivity index (χ3n) is 13.7. The largest absolute Gasteiger partial charge is 0.103 e. The lowest BCUT2D eigenvalue weighted by atomic mass is 9.70. The molecule has 0 heterocycles. The van der Waals surface area contributed by atoms with Crippen LogP contribution in [0, 0.1) is 0 Å². The number of rotatable bonds is 12. The molecule has 0 saturated heterocycles. The van der Waals surface area contributed by atoms with E-state index in [1.165, 1.54) is 124 Å². The smallest absolute Gasteiger partial charge is 0.0215 e. The lowest BCUT2D eigenvalue weighted by molar-refractivity contribution is 0.409. The van der Waals surface area contributed by atoms with Crippen LogP contribution in [0.3, 0.4) is 0 Å². The minimum Gasteiger partial charge on any atom is -0.103 e. The summed E-state index contributed by atoms with van der Waals surface area (Å²) in [4.78, 5) is 0. The summed E-state index contributed by atoms with van der Waals surface area (Å²) < 4.78 is 0. The molecule has 0 bridgehead atoms. The number of allylic oxidation sites excluding steroid dienone is 2. The van der Waals surface area contributed by atoms with Crippen molar-refractivity contribution < 1.29 is 0 Å². The maximum Gasteiger partial charge on any atom is 0.0215 e. The Morgan fingerprint density at radius 1 is 0.441 bits per heavy atom. The fourth-order valence-electron chi connectivity index (χ4n) is 10.6. The van der Waals surface area contributed by atoms with Crippen molar-refractivity contribution >= 4 is 43.1 Å². The topological polar surface area (TPSA) is 0 Å². The molecule has 0 N–H and O–H groups in total. The van der Waals surface area contributed by atoms with Crippen LogP contribution in [0.5, 0.6) is 0 Å². The normalized spacial score (nSPS) is 13.7. The zero-order valence-corrected chi connectivity index (χ0v) is 36.3. The van der Waals surface area contributed by atoms with Gasteiger partial charge in [-0.1, -0.05) is 170 Å². The first-order chi connectivity index (χ1) is 28.4. The number of unbranched alkanes of at least 4 members (excludes halogenated alkanes) is 4. The molecule has 0 atom stereocenters. The quantitative estimate of drug-likeness (QED) is 0.0503. The van der Waals surface area contributed by atoms with E-state index in [9.17, 15) is 0 Å². The van der Waals surface area contributed by atoms with Crippen molar-refractivity contribution in [1.82, 2.24) is 0 Å². The number of benzene rings is 8. The zero-order chi connectivity index (χ0) is 41.1. The summed E-state index contributed by atoms with van der Waals surface area (Å²) in [5, 5.41) is 10.8. The average molecular weight is 769 g/mol. The maximum absolute atomic E-state index is 4.04. The van der Waals surface area contributed by atoms with Crippen molar-refractivity contribution in [2.45, 2.75) is 109 Å². The molecule has 1 aliphatic carbocycles. The van der Waals surface area contributed by atoms with Gasteiger partial charge in [-0.25, -0.2) is 0 Å². The van der Waals surface area contributed by atoms with Gasteiger partial charge in [-0.05, 0) is 166 Å². The van der Waals surface area contributed by atoms with Gasteiger partial charge < -0.3 is 0 Å². The Bertz CT molecular complexity index is 2800. The van der Waals surface area contributed by atoms with Crippen LogP contribution < -0.4 is 0 Å². The Balaban J connectivity index is 1.25. The Labute approximate surface area is 353 Å². The monoisotopic (exact) mass is 768 g/mol. The first-order valence-corrected chi connectivity index (χ1v) is 22.2. The highest BCUT2D eigenvalue weighted by Crippen LogP contribution is 2.55. The van der Waals surface area contributed by atoms with Crippen molar-refractivity contribution in [1.29, 1.82) is 0 Å². The van der Waals surface area contributed by atoms with Crippen LogP contribution in [-0.2, 0) is 16.2 Å². The van der Waals surface area contributed by atoms with Gasteiger partial charge in [0, 0.05) is 5.41 Å². The molecule has 1 aliphatic rings. The standard InChI is InChI=1S/C59H60/c1-9-11-13-19-32-59(33-20-14-12-10-2)53-27-18-17-24-46(53)47-29-28-39(36-54(47)59)43-22-15-16-23-44(43)45-30-31-50-52-38-42(58(6,7)8)35-40-34-41(57(3,4)5)37-51(55(40)52)49-26-21-25-48(45)56(49)50/h9-10,15-18,21-31,34-38H,1-2,11-14,19-20,32-33H2,3-8H3. The van der Waals surface area contributed by atoms with E-state index in [0.717, 1.165) is 25.7 Å². The van der Waals surface area contributed by atoms with Gasteiger partial charge in [-0.15, -0.1) is 13.2 Å². The zero-order valence-electron chi connectivity index (χ0n) is 36.3. The van der Waals surface area contributed by atoms with E-state index >= 15 is 0 Å². The van der Waals surface area contributed by atoms with Crippen LogP contribution >= 0.6 is 0 Å². The molecule has 8 aromatic rings. The van der Waals surface area contributed by atoms with Gasteiger partial charge in [-0.3, -0.25) is 0 Å². The summed E-state index contributed by atoms with van der Waals surface area (Å²) in [5.41, 5.74) is 13.8. The van der Waals surface area contributed by atoms with E-state index in [-0.39, 0.29) is 16.2 Å². The maximum atomic E-state index is 4.04. The Hall–Kier alpha value is -5.46. The molecule has 0 spiro atoms. The summed E-state index contributed by atoms with van der Waals surface area (Å²) in [5.74, 6) is 0. The number of hydrogen-bond acceptors (Lipinski definition) is 0. The van der Waals surface area contributed by atoms with Crippen molar-refractivity contribution in [3.8, 4) is 33.4 Å². The third-order valence-corrected chi connectivity index (χ3v) is 13.7. The van der Waals surface area contributed by atoms with Gasteiger partial charge in [0.1, 0.15) is 0 Å². The van der Waals surface area contributed by atoms with Gasteiger partial charge >= 0.3 is 0 Å². The van der Waals surface area contributed by atoms with E-state index < -0.39 is 0 Å². The van der Waals surface area contributed by atoms with Crippen LogP contribution in [0.4, 0.5) is 0 Å². The second kappa shape index (κ2) is 15.0. The molecule has 0 fully saturated rings. The van der Waals surface area contributed by atoms with E-state index in [1.807, 2.05) is 0 Å². The molecule has 8 aromatic carbocycles. The second-order valence-electron chi connectivity index (χ2n) is 19.5. The minimum atomic E-state index is -0.00824. The lowest BCUT2D eigenvalue weighted by Gasteiger charge is -2.33. The molecule has 0 saturated carbocycles. The number of hydrogen-bond donors (Lipinski definition) is 0. The van der Waals surface area contributed by atoms with Crippen LogP contribution in [-0.4, -0.2) is 0 Å². The molecule has 0 unspecified atom stereocenters.